The topological polar surface area (TPSA) is 129 Å². The van der Waals surface area contributed by atoms with E-state index in [0.717, 1.165) is 33.8 Å². The molecule has 1 heterocycles. The van der Waals surface area contributed by atoms with Gasteiger partial charge in [-0.25, -0.2) is 8.42 Å². The maximum Gasteiger partial charge on any atom is 0.229 e. The van der Waals surface area contributed by atoms with Crippen molar-refractivity contribution in [3.63, 3.8) is 0 Å². The minimum atomic E-state index is -3.37. The molecule has 0 radical (unpaired) electrons. The molecule has 0 saturated heterocycles. The third-order valence-electron chi connectivity index (χ3n) is 5.05. The van der Waals surface area contributed by atoms with Crippen LogP contribution >= 0.6 is 0 Å². The lowest BCUT2D eigenvalue weighted by atomic mass is 10.1. The molecule has 0 aliphatic rings. The fourth-order valence-corrected chi connectivity index (χ4v) is 4.17. The number of sulfonamides is 1. The summed E-state index contributed by atoms with van der Waals surface area (Å²) in [5, 5.41) is 15.8. The van der Waals surface area contributed by atoms with Gasteiger partial charge in [-0.2, -0.15) is 0 Å². The van der Waals surface area contributed by atoms with Crippen molar-refractivity contribution < 1.29 is 18.3 Å². The number of rotatable bonds is 9. The number of fused-ring (bicyclic) bond motifs is 3. The first-order chi connectivity index (χ1) is 15.3. The van der Waals surface area contributed by atoms with Crippen molar-refractivity contribution in [2.24, 2.45) is 0 Å². The molecule has 0 bridgehead atoms. The van der Waals surface area contributed by atoms with E-state index in [1.807, 2.05) is 36.4 Å². The molecular formula is C23H26N4O4S. The molecule has 3 aromatic carbocycles. The van der Waals surface area contributed by atoms with E-state index < -0.39 is 16.1 Å². The van der Waals surface area contributed by atoms with E-state index in [1.54, 1.807) is 24.3 Å². The number of anilines is 2. The van der Waals surface area contributed by atoms with Crippen LogP contribution in [0.4, 0.5) is 11.4 Å². The first kappa shape index (κ1) is 21.9. The SMILES string of the molecule is CS(=O)(=O)Nc1cccc([C@@H](O)CNCCOc2ccc3c(c2)[nH]c2cc(N)ccc23)c1. The van der Waals surface area contributed by atoms with Gasteiger partial charge in [-0.3, -0.25) is 4.72 Å². The summed E-state index contributed by atoms with van der Waals surface area (Å²) in [6.07, 6.45) is 0.315. The number of aliphatic hydroxyl groups excluding tert-OH is 1. The lowest BCUT2D eigenvalue weighted by molar-refractivity contribution is 0.172. The molecule has 0 saturated carbocycles. The van der Waals surface area contributed by atoms with Crippen molar-refractivity contribution in [2.75, 3.05) is 36.4 Å². The van der Waals surface area contributed by atoms with Gasteiger partial charge in [0.1, 0.15) is 12.4 Å². The van der Waals surface area contributed by atoms with Gasteiger partial charge < -0.3 is 25.9 Å². The Balaban J connectivity index is 1.28. The van der Waals surface area contributed by atoms with E-state index in [-0.39, 0.29) is 0 Å². The normalized spacial score (nSPS) is 12.8. The molecule has 0 unspecified atom stereocenters. The molecule has 0 amide bonds. The number of aliphatic hydroxyl groups is 1. The average molecular weight is 455 g/mol. The van der Waals surface area contributed by atoms with Crippen LogP contribution < -0.4 is 20.5 Å². The lowest BCUT2D eigenvalue weighted by Gasteiger charge is -2.14. The Labute approximate surface area is 186 Å². The van der Waals surface area contributed by atoms with Crippen LogP contribution in [0.1, 0.15) is 11.7 Å². The molecule has 8 nitrogen and oxygen atoms in total. The smallest absolute Gasteiger partial charge is 0.229 e. The van der Waals surface area contributed by atoms with Gasteiger partial charge in [-0.05, 0) is 42.0 Å². The van der Waals surface area contributed by atoms with Crippen LogP contribution in [-0.4, -0.2) is 44.5 Å². The molecule has 168 valence electrons. The Kier molecular flexibility index (Phi) is 6.22. The van der Waals surface area contributed by atoms with Gasteiger partial charge in [0.15, 0.2) is 0 Å². The maximum absolute atomic E-state index is 11.4. The zero-order valence-electron chi connectivity index (χ0n) is 17.6. The quantitative estimate of drug-likeness (QED) is 0.195. The number of nitrogens with one attached hydrogen (secondary N) is 3. The summed E-state index contributed by atoms with van der Waals surface area (Å²) < 4.78 is 31.0. The van der Waals surface area contributed by atoms with E-state index in [9.17, 15) is 13.5 Å². The number of hydrogen-bond donors (Lipinski definition) is 5. The summed E-state index contributed by atoms with van der Waals surface area (Å²) in [6, 6.07) is 18.4. The van der Waals surface area contributed by atoms with Crippen molar-refractivity contribution in [3.05, 3.63) is 66.2 Å². The first-order valence-corrected chi connectivity index (χ1v) is 12.1. The largest absolute Gasteiger partial charge is 0.492 e. The molecule has 4 rings (SSSR count). The first-order valence-electron chi connectivity index (χ1n) is 10.2. The summed E-state index contributed by atoms with van der Waals surface area (Å²) in [6.45, 7) is 1.29. The molecule has 6 N–H and O–H groups in total. The zero-order chi connectivity index (χ0) is 22.7. The Morgan fingerprint density at radius 2 is 1.81 bits per heavy atom. The second-order valence-corrected chi connectivity index (χ2v) is 9.45. The number of ether oxygens (including phenoxy) is 1. The Morgan fingerprint density at radius 3 is 2.59 bits per heavy atom. The van der Waals surface area contributed by atoms with Gasteiger partial charge in [0.05, 0.1) is 17.9 Å². The molecule has 4 aromatic rings. The van der Waals surface area contributed by atoms with E-state index in [2.05, 4.69) is 15.0 Å². The van der Waals surface area contributed by atoms with Crippen molar-refractivity contribution >= 4 is 43.2 Å². The molecule has 1 aromatic heterocycles. The predicted molar refractivity (Wildman–Crippen MR) is 128 cm³/mol. The third kappa shape index (κ3) is 5.31. The predicted octanol–water partition coefficient (Wildman–Crippen LogP) is 2.98. The second kappa shape index (κ2) is 9.07. The maximum atomic E-state index is 11.4. The zero-order valence-corrected chi connectivity index (χ0v) is 18.4. The van der Waals surface area contributed by atoms with Gasteiger partial charge in [0.25, 0.3) is 0 Å². The Hall–Kier alpha value is -3.27. The van der Waals surface area contributed by atoms with Gasteiger partial charge >= 0.3 is 0 Å². The second-order valence-electron chi connectivity index (χ2n) is 7.71. The Morgan fingerprint density at radius 1 is 1.06 bits per heavy atom. The van der Waals surface area contributed by atoms with Gasteiger partial charge in [0, 0.05) is 46.8 Å². The van der Waals surface area contributed by atoms with Crippen molar-refractivity contribution in [1.29, 1.82) is 0 Å². The fourth-order valence-electron chi connectivity index (χ4n) is 3.62. The average Bonchev–Trinajstić information content (AvgIpc) is 3.08. The molecule has 9 heteroatoms. The Bertz CT molecular complexity index is 1350. The molecule has 1 atom stereocenters. The van der Waals surface area contributed by atoms with Crippen LogP contribution in [0.5, 0.6) is 5.75 Å². The van der Waals surface area contributed by atoms with Crippen molar-refractivity contribution in [1.82, 2.24) is 10.3 Å². The highest BCUT2D eigenvalue weighted by Gasteiger charge is 2.10. The van der Waals surface area contributed by atoms with Crippen molar-refractivity contribution in [3.8, 4) is 5.75 Å². The minimum Gasteiger partial charge on any atom is -0.492 e. The number of nitrogen functional groups attached to an aromatic ring is 1. The highest BCUT2D eigenvalue weighted by atomic mass is 32.2. The molecule has 32 heavy (non-hydrogen) atoms. The van der Waals surface area contributed by atoms with Crippen LogP contribution in [0.3, 0.4) is 0 Å². The van der Waals surface area contributed by atoms with Crippen LogP contribution in [0.25, 0.3) is 21.8 Å². The molecular weight excluding hydrogens is 428 g/mol. The van der Waals surface area contributed by atoms with Crippen LogP contribution in [-0.2, 0) is 10.0 Å². The third-order valence-corrected chi connectivity index (χ3v) is 5.66. The number of benzene rings is 3. The van der Waals surface area contributed by atoms with Crippen molar-refractivity contribution in [2.45, 2.75) is 6.10 Å². The van der Waals surface area contributed by atoms with E-state index in [0.29, 0.717) is 36.6 Å². The standard InChI is InChI=1S/C23H26N4O4S/c1-32(29,30)27-17-4-2-3-15(11-17)23(28)14-25-9-10-31-18-6-8-20-19-7-5-16(24)12-21(19)26-22(20)13-18/h2-8,11-13,23,25-28H,9-10,14,24H2,1H3/t23-/m0/s1. The summed E-state index contributed by atoms with van der Waals surface area (Å²) in [4.78, 5) is 3.36. The molecule has 0 aliphatic heterocycles. The van der Waals surface area contributed by atoms with Crippen LogP contribution in [0, 0.1) is 0 Å². The number of aromatic nitrogens is 1. The monoisotopic (exact) mass is 454 g/mol. The number of aromatic amines is 1. The van der Waals surface area contributed by atoms with E-state index in [4.69, 9.17) is 10.5 Å². The number of hydrogen-bond acceptors (Lipinski definition) is 6. The summed E-state index contributed by atoms with van der Waals surface area (Å²) in [5.41, 5.74) is 9.59. The summed E-state index contributed by atoms with van der Waals surface area (Å²) in [5.74, 6) is 0.749. The number of H-pyrrole nitrogens is 1. The minimum absolute atomic E-state index is 0.314. The van der Waals surface area contributed by atoms with Gasteiger partial charge in [-0.1, -0.05) is 18.2 Å². The lowest BCUT2D eigenvalue weighted by Crippen LogP contribution is -2.26. The van der Waals surface area contributed by atoms with Crippen LogP contribution in [0.15, 0.2) is 60.7 Å². The summed E-state index contributed by atoms with van der Waals surface area (Å²) in [7, 11) is -3.37. The molecule has 0 aliphatic carbocycles. The fraction of sp³-hybridized carbons (Fsp3) is 0.217. The van der Waals surface area contributed by atoms with Gasteiger partial charge in [0.2, 0.25) is 10.0 Å². The van der Waals surface area contributed by atoms with Crippen LogP contribution in [0.2, 0.25) is 0 Å². The number of nitrogens with two attached hydrogens (primary N) is 1. The molecule has 0 fully saturated rings. The van der Waals surface area contributed by atoms with Gasteiger partial charge in [-0.15, -0.1) is 0 Å². The van der Waals surface area contributed by atoms with E-state index in [1.165, 1.54) is 0 Å². The highest BCUT2D eigenvalue weighted by molar-refractivity contribution is 7.92. The van der Waals surface area contributed by atoms with E-state index >= 15 is 0 Å². The highest BCUT2D eigenvalue weighted by Crippen LogP contribution is 2.29. The summed E-state index contributed by atoms with van der Waals surface area (Å²) >= 11 is 0. The molecule has 0 spiro atoms.